The zero-order chi connectivity index (χ0) is 12.6. The minimum absolute atomic E-state index is 0.0990. The Kier molecular flexibility index (Phi) is 2.58. The van der Waals surface area contributed by atoms with Crippen LogP contribution in [0.5, 0.6) is 0 Å². The molecule has 0 atom stereocenters. The lowest BCUT2D eigenvalue weighted by atomic mass is 10.2. The number of rotatable bonds is 2. The Morgan fingerprint density at radius 2 is 2.06 bits per heavy atom. The molecule has 0 bridgehead atoms. The molecule has 88 valence electrons. The standard InChI is InChI=1S/C10H7F2N3O2/c1-5-9(10(16)17)15(14-13-5)6-2-3-7(11)8(12)4-6/h2-4H,1H3,(H,16,17). The highest BCUT2D eigenvalue weighted by Crippen LogP contribution is 2.15. The van der Waals surface area contributed by atoms with Crippen molar-refractivity contribution in [3.05, 3.63) is 41.2 Å². The minimum Gasteiger partial charge on any atom is -0.476 e. The Labute approximate surface area is 94.3 Å². The van der Waals surface area contributed by atoms with Gasteiger partial charge in [-0.1, -0.05) is 5.21 Å². The van der Waals surface area contributed by atoms with Crippen LogP contribution in [-0.2, 0) is 0 Å². The summed E-state index contributed by atoms with van der Waals surface area (Å²) in [7, 11) is 0. The second kappa shape index (κ2) is 3.93. The molecule has 0 aliphatic rings. The van der Waals surface area contributed by atoms with Crippen molar-refractivity contribution in [2.45, 2.75) is 6.92 Å². The van der Waals surface area contributed by atoms with Crippen LogP contribution in [0.3, 0.4) is 0 Å². The summed E-state index contributed by atoms with van der Waals surface area (Å²) in [6, 6.07) is 2.97. The van der Waals surface area contributed by atoms with Crippen LogP contribution in [0.4, 0.5) is 8.78 Å². The molecule has 0 radical (unpaired) electrons. The molecule has 1 heterocycles. The van der Waals surface area contributed by atoms with Gasteiger partial charge in [0.15, 0.2) is 17.3 Å². The topological polar surface area (TPSA) is 68.0 Å². The maximum absolute atomic E-state index is 13.0. The number of aromatic carboxylic acids is 1. The van der Waals surface area contributed by atoms with Crippen LogP contribution in [0.15, 0.2) is 18.2 Å². The first-order valence-electron chi connectivity index (χ1n) is 4.61. The highest BCUT2D eigenvalue weighted by atomic mass is 19.2. The van der Waals surface area contributed by atoms with Crippen LogP contribution < -0.4 is 0 Å². The van der Waals surface area contributed by atoms with E-state index in [0.717, 1.165) is 16.8 Å². The van der Waals surface area contributed by atoms with Crippen molar-refractivity contribution >= 4 is 5.97 Å². The van der Waals surface area contributed by atoms with Gasteiger partial charge in [-0.3, -0.25) is 0 Å². The Morgan fingerprint density at radius 1 is 1.35 bits per heavy atom. The lowest BCUT2D eigenvalue weighted by Crippen LogP contribution is -2.09. The number of carboxylic acid groups (broad SMARTS) is 1. The van der Waals surface area contributed by atoms with E-state index in [1.807, 2.05) is 0 Å². The highest BCUT2D eigenvalue weighted by molar-refractivity contribution is 5.87. The summed E-state index contributed by atoms with van der Waals surface area (Å²) >= 11 is 0. The van der Waals surface area contributed by atoms with Gasteiger partial charge in [-0.05, 0) is 19.1 Å². The van der Waals surface area contributed by atoms with E-state index in [4.69, 9.17) is 5.11 Å². The third-order valence-electron chi connectivity index (χ3n) is 2.19. The van der Waals surface area contributed by atoms with E-state index in [2.05, 4.69) is 10.3 Å². The van der Waals surface area contributed by atoms with E-state index < -0.39 is 17.6 Å². The average molecular weight is 239 g/mol. The van der Waals surface area contributed by atoms with Crippen LogP contribution in [0, 0.1) is 18.6 Å². The molecule has 1 aromatic heterocycles. The molecule has 0 unspecified atom stereocenters. The van der Waals surface area contributed by atoms with Crippen LogP contribution in [0.25, 0.3) is 5.69 Å². The lowest BCUT2D eigenvalue weighted by molar-refractivity contribution is 0.0686. The van der Waals surface area contributed by atoms with Crippen molar-refractivity contribution in [1.82, 2.24) is 15.0 Å². The number of carboxylic acids is 1. The first-order valence-corrected chi connectivity index (χ1v) is 4.61. The fraction of sp³-hybridized carbons (Fsp3) is 0.100. The van der Waals surface area contributed by atoms with Gasteiger partial charge in [0.05, 0.1) is 11.4 Å². The van der Waals surface area contributed by atoms with Gasteiger partial charge in [0, 0.05) is 6.07 Å². The van der Waals surface area contributed by atoms with E-state index in [9.17, 15) is 13.6 Å². The van der Waals surface area contributed by atoms with Crippen LogP contribution in [-0.4, -0.2) is 26.1 Å². The molecule has 1 N–H and O–H groups in total. The van der Waals surface area contributed by atoms with E-state index in [-0.39, 0.29) is 17.1 Å². The van der Waals surface area contributed by atoms with Crippen molar-refractivity contribution in [2.24, 2.45) is 0 Å². The molecule has 17 heavy (non-hydrogen) atoms. The molecule has 2 aromatic rings. The Hall–Kier alpha value is -2.31. The fourth-order valence-corrected chi connectivity index (χ4v) is 1.40. The second-order valence-corrected chi connectivity index (χ2v) is 3.34. The normalized spacial score (nSPS) is 10.5. The van der Waals surface area contributed by atoms with E-state index in [0.29, 0.717) is 0 Å². The van der Waals surface area contributed by atoms with Crippen molar-refractivity contribution in [3.8, 4) is 5.69 Å². The third-order valence-corrected chi connectivity index (χ3v) is 2.19. The van der Waals surface area contributed by atoms with Crippen molar-refractivity contribution in [3.63, 3.8) is 0 Å². The van der Waals surface area contributed by atoms with Gasteiger partial charge >= 0.3 is 5.97 Å². The van der Waals surface area contributed by atoms with Gasteiger partial charge in [0.1, 0.15) is 0 Å². The van der Waals surface area contributed by atoms with Gasteiger partial charge in [-0.25, -0.2) is 18.3 Å². The predicted octanol–water partition coefficient (Wildman–Crippen LogP) is 1.55. The number of nitrogens with zero attached hydrogens (tertiary/aromatic N) is 3. The maximum Gasteiger partial charge on any atom is 0.356 e. The molecule has 0 fully saturated rings. The van der Waals surface area contributed by atoms with Crippen LogP contribution in [0.2, 0.25) is 0 Å². The number of aromatic nitrogens is 3. The molecule has 1 aromatic carbocycles. The number of hydrogen-bond acceptors (Lipinski definition) is 3. The van der Waals surface area contributed by atoms with E-state index in [1.54, 1.807) is 0 Å². The average Bonchev–Trinajstić information content (AvgIpc) is 2.64. The van der Waals surface area contributed by atoms with Gasteiger partial charge in [-0.2, -0.15) is 0 Å². The van der Waals surface area contributed by atoms with Crippen LogP contribution >= 0.6 is 0 Å². The van der Waals surface area contributed by atoms with Gasteiger partial charge in [-0.15, -0.1) is 5.10 Å². The Bertz CT molecular complexity index is 595. The molecule has 7 heteroatoms. The first kappa shape index (κ1) is 11.2. The quantitative estimate of drug-likeness (QED) is 0.863. The molecule has 0 amide bonds. The molecular weight excluding hydrogens is 232 g/mol. The van der Waals surface area contributed by atoms with Crippen molar-refractivity contribution in [1.29, 1.82) is 0 Å². The number of hydrogen-bond donors (Lipinski definition) is 1. The highest BCUT2D eigenvalue weighted by Gasteiger charge is 2.18. The molecule has 0 saturated heterocycles. The van der Waals surface area contributed by atoms with E-state index >= 15 is 0 Å². The summed E-state index contributed by atoms with van der Waals surface area (Å²) in [5.41, 5.74) is 0.111. The number of aryl methyl sites for hydroxylation is 1. The number of carbonyl (C=O) groups is 1. The lowest BCUT2D eigenvalue weighted by Gasteiger charge is -2.03. The summed E-state index contributed by atoms with van der Waals surface area (Å²) < 4.78 is 26.7. The first-order chi connectivity index (χ1) is 8.00. The molecule has 0 saturated carbocycles. The van der Waals surface area contributed by atoms with Crippen LogP contribution in [0.1, 0.15) is 16.2 Å². The zero-order valence-electron chi connectivity index (χ0n) is 8.69. The monoisotopic (exact) mass is 239 g/mol. The summed E-state index contributed by atoms with van der Waals surface area (Å²) in [5, 5.41) is 16.1. The molecule has 0 aliphatic heterocycles. The number of halogens is 2. The Balaban J connectivity index is 2.60. The summed E-state index contributed by atoms with van der Waals surface area (Å²) in [6.45, 7) is 1.47. The largest absolute Gasteiger partial charge is 0.476 e. The Morgan fingerprint density at radius 3 is 2.65 bits per heavy atom. The molecule has 0 spiro atoms. The van der Waals surface area contributed by atoms with Gasteiger partial charge in [0.2, 0.25) is 0 Å². The molecule has 2 rings (SSSR count). The van der Waals surface area contributed by atoms with Gasteiger partial charge < -0.3 is 5.11 Å². The van der Waals surface area contributed by atoms with E-state index in [1.165, 1.54) is 13.0 Å². The fourth-order valence-electron chi connectivity index (χ4n) is 1.40. The molecular formula is C10H7F2N3O2. The summed E-state index contributed by atoms with van der Waals surface area (Å²) in [5.74, 6) is -3.33. The SMILES string of the molecule is Cc1nnn(-c2ccc(F)c(F)c2)c1C(=O)O. The minimum atomic E-state index is -1.24. The maximum atomic E-state index is 13.0. The molecule has 5 nitrogen and oxygen atoms in total. The summed E-state index contributed by atoms with van der Waals surface area (Å²) in [6.07, 6.45) is 0. The second-order valence-electron chi connectivity index (χ2n) is 3.34. The summed E-state index contributed by atoms with van der Waals surface area (Å²) in [4.78, 5) is 11.0. The van der Waals surface area contributed by atoms with Crippen molar-refractivity contribution < 1.29 is 18.7 Å². The molecule has 0 aliphatic carbocycles. The number of benzene rings is 1. The predicted molar refractivity (Wildman–Crippen MR) is 53.0 cm³/mol. The van der Waals surface area contributed by atoms with Crippen molar-refractivity contribution in [2.75, 3.05) is 0 Å². The van der Waals surface area contributed by atoms with Gasteiger partial charge in [0.25, 0.3) is 0 Å². The third kappa shape index (κ3) is 1.86. The smallest absolute Gasteiger partial charge is 0.356 e. The zero-order valence-corrected chi connectivity index (χ0v) is 8.69.